The number of aryl methyl sites for hydroxylation is 1. The molecule has 7 heteroatoms. The number of hydrogen-bond acceptors (Lipinski definition) is 3. The zero-order valence-corrected chi connectivity index (χ0v) is 18.1. The zero-order valence-electron chi connectivity index (χ0n) is 17.4. The van der Waals surface area contributed by atoms with Gasteiger partial charge in [0.15, 0.2) is 0 Å². The van der Waals surface area contributed by atoms with E-state index in [0.717, 1.165) is 50.0 Å². The predicted molar refractivity (Wildman–Crippen MR) is 120 cm³/mol. The molecule has 0 saturated carbocycles. The molecule has 0 bridgehead atoms. The lowest BCUT2D eigenvalue weighted by molar-refractivity contribution is 0.184. The van der Waals surface area contributed by atoms with Crippen LogP contribution in [-0.2, 0) is 13.0 Å². The molecule has 5 rings (SSSR count). The lowest BCUT2D eigenvalue weighted by Crippen LogP contribution is -2.42. The van der Waals surface area contributed by atoms with Gasteiger partial charge in [0.25, 0.3) is 0 Å². The highest BCUT2D eigenvalue weighted by molar-refractivity contribution is 6.30. The monoisotopic (exact) mass is 435 g/mol. The molecule has 6 nitrogen and oxygen atoms in total. The highest BCUT2D eigenvalue weighted by Gasteiger charge is 2.34. The normalized spacial score (nSPS) is 20.5. The first-order chi connectivity index (χ1) is 15.2. The van der Waals surface area contributed by atoms with Gasteiger partial charge in [0.2, 0.25) is 0 Å². The summed E-state index contributed by atoms with van der Waals surface area (Å²) in [6.45, 7) is 1.34. The number of amides is 2. The van der Waals surface area contributed by atoms with Crippen molar-refractivity contribution in [3.63, 3.8) is 0 Å². The van der Waals surface area contributed by atoms with Gasteiger partial charge in [-0.25, -0.2) is 14.5 Å². The van der Waals surface area contributed by atoms with E-state index in [9.17, 15) is 4.79 Å². The maximum absolute atomic E-state index is 13.3. The van der Waals surface area contributed by atoms with Crippen molar-refractivity contribution >= 4 is 17.6 Å². The molecule has 1 N–H and O–H groups in total. The van der Waals surface area contributed by atoms with E-state index in [0.29, 0.717) is 11.6 Å². The number of rotatable bonds is 4. The van der Waals surface area contributed by atoms with E-state index in [1.165, 1.54) is 11.1 Å². The average Bonchev–Trinajstić information content (AvgIpc) is 3.45. The maximum Gasteiger partial charge on any atom is 0.318 e. The standard InChI is InChI=1S/C24H26ClN5O/c25-19-12-10-17(11-13-19)15-30-23(26-16-27-30)22-9-4-14-29(22)24(31)28-21-8-3-6-18-5-1-2-7-20(18)21/h1-2,5,7,10-13,16,21-22H,3-4,6,8-9,14-15H2,(H,28,31)/t21?,22-/m1/s1. The van der Waals surface area contributed by atoms with Crippen LogP contribution in [0, 0.1) is 0 Å². The Balaban J connectivity index is 1.32. The van der Waals surface area contributed by atoms with Gasteiger partial charge in [-0.05, 0) is 60.9 Å². The van der Waals surface area contributed by atoms with Crippen LogP contribution in [0.5, 0.6) is 0 Å². The van der Waals surface area contributed by atoms with E-state index in [4.69, 9.17) is 11.6 Å². The van der Waals surface area contributed by atoms with Crippen molar-refractivity contribution in [2.75, 3.05) is 6.54 Å². The minimum absolute atomic E-state index is 0.00903. The molecular weight excluding hydrogens is 410 g/mol. The number of urea groups is 1. The Labute approximate surface area is 187 Å². The van der Waals surface area contributed by atoms with Crippen LogP contribution >= 0.6 is 11.6 Å². The molecule has 1 unspecified atom stereocenters. The number of nitrogens with zero attached hydrogens (tertiary/aromatic N) is 4. The number of aromatic nitrogens is 3. The molecule has 3 aromatic rings. The van der Waals surface area contributed by atoms with Crippen molar-refractivity contribution < 1.29 is 4.79 Å². The fraction of sp³-hybridized carbons (Fsp3) is 0.375. The number of nitrogens with one attached hydrogen (secondary N) is 1. The molecule has 160 valence electrons. The molecule has 2 aromatic carbocycles. The summed E-state index contributed by atoms with van der Waals surface area (Å²) < 4.78 is 1.90. The first kappa shape index (κ1) is 20.1. The van der Waals surface area contributed by atoms with Gasteiger partial charge in [0, 0.05) is 11.6 Å². The molecule has 31 heavy (non-hydrogen) atoms. The third kappa shape index (κ3) is 4.17. The van der Waals surface area contributed by atoms with Crippen molar-refractivity contribution in [1.29, 1.82) is 0 Å². The van der Waals surface area contributed by atoms with E-state index >= 15 is 0 Å². The molecular formula is C24H26ClN5O. The minimum atomic E-state index is -0.0614. The van der Waals surface area contributed by atoms with E-state index in [-0.39, 0.29) is 18.1 Å². The number of likely N-dealkylation sites (tertiary alicyclic amines) is 1. The van der Waals surface area contributed by atoms with Gasteiger partial charge in [-0.1, -0.05) is 48.0 Å². The number of hydrogen-bond donors (Lipinski definition) is 1. The first-order valence-electron chi connectivity index (χ1n) is 11.0. The number of carbonyl (C=O) groups excluding carboxylic acids is 1. The van der Waals surface area contributed by atoms with E-state index < -0.39 is 0 Å². The van der Waals surface area contributed by atoms with Gasteiger partial charge in [-0.15, -0.1) is 0 Å². The summed E-state index contributed by atoms with van der Waals surface area (Å²) in [5, 5.41) is 8.44. The summed E-state index contributed by atoms with van der Waals surface area (Å²) in [5.41, 5.74) is 3.70. The Bertz CT molecular complexity index is 1060. The maximum atomic E-state index is 13.3. The van der Waals surface area contributed by atoms with Crippen molar-refractivity contribution in [3.05, 3.63) is 82.4 Å². The first-order valence-corrected chi connectivity index (χ1v) is 11.3. The Morgan fingerprint density at radius 3 is 2.81 bits per heavy atom. The highest BCUT2D eigenvalue weighted by atomic mass is 35.5. The molecule has 2 amide bonds. The van der Waals surface area contributed by atoms with Gasteiger partial charge in [0.05, 0.1) is 18.6 Å². The Kier molecular flexibility index (Phi) is 5.64. The third-order valence-corrected chi connectivity index (χ3v) is 6.62. The van der Waals surface area contributed by atoms with Gasteiger partial charge in [0.1, 0.15) is 12.2 Å². The molecule has 1 aliphatic heterocycles. The molecule has 1 aliphatic carbocycles. The summed E-state index contributed by atoms with van der Waals surface area (Å²) in [5.74, 6) is 0.839. The van der Waals surface area contributed by atoms with Crippen LogP contribution in [-0.4, -0.2) is 32.2 Å². The second-order valence-corrected chi connectivity index (χ2v) is 8.78. The summed E-state index contributed by atoms with van der Waals surface area (Å²) in [6, 6.07) is 16.2. The largest absolute Gasteiger partial charge is 0.331 e. The predicted octanol–water partition coefficient (Wildman–Crippen LogP) is 4.90. The van der Waals surface area contributed by atoms with Crippen LogP contribution in [0.4, 0.5) is 4.79 Å². The summed E-state index contributed by atoms with van der Waals surface area (Å²) in [6.07, 6.45) is 6.61. The molecule has 1 fully saturated rings. The average molecular weight is 436 g/mol. The van der Waals surface area contributed by atoms with Crippen LogP contribution < -0.4 is 5.32 Å². The molecule has 2 heterocycles. The SMILES string of the molecule is O=C(NC1CCCc2ccccc21)N1CCC[C@@H]1c1ncnn1Cc1ccc(Cl)cc1. The Hall–Kier alpha value is -2.86. The molecule has 0 radical (unpaired) electrons. The molecule has 1 aromatic heterocycles. The smallest absolute Gasteiger partial charge is 0.318 e. The second-order valence-electron chi connectivity index (χ2n) is 8.35. The summed E-state index contributed by atoms with van der Waals surface area (Å²) >= 11 is 6.01. The number of benzene rings is 2. The third-order valence-electron chi connectivity index (χ3n) is 6.37. The summed E-state index contributed by atoms with van der Waals surface area (Å²) in [4.78, 5) is 19.7. The topological polar surface area (TPSA) is 63.1 Å². The van der Waals surface area contributed by atoms with Crippen molar-refractivity contribution in [1.82, 2.24) is 25.0 Å². The zero-order chi connectivity index (χ0) is 21.2. The van der Waals surface area contributed by atoms with Crippen molar-refractivity contribution in [2.24, 2.45) is 0 Å². The summed E-state index contributed by atoms with van der Waals surface area (Å²) in [7, 11) is 0. The fourth-order valence-corrected chi connectivity index (χ4v) is 4.96. The number of carbonyl (C=O) groups is 1. The quantitative estimate of drug-likeness (QED) is 0.633. The van der Waals surface area contributed by atoms with Crippen LogP contribution in [0.25, 0.3) is 0 Å². The fourth-order valence-electron chi connectivity index (χ4n) is 4.83. The highest BCUT2D eigenvalue weighted by Crippen LogP contribution is 2.33. The minimum Gasteiger partial charge on any atom is -0.331 e. The van der Waals surface area contributed by atoms with Crippen molar-refractivity contribution in [3.8, 4) is 0 Å². The van der Waals surface area contributed by atoms with Gasteiger partial charge >= 0.3 is 6.03 Å². The lowest BCUT2D eigenvalue weighted by atomic mass is 9.88. The molecule has 0 spiro atoms. The molecule has 1 saturated heterocycles. The Morgan fingerprint density at radius 1 is 1.10 bits per heavy atom. The van der Waals surface area contributed by atoms with E-state index in [1.54, 1.807) is 6.33 Å². The van der Waals surface area contributed by atoms with Crippen LogP contribution in [0.15, 0.2) is 54.9 Å². The van der Waals surface area contributed by atoms with E-state index in [2.05, 4.69) is 39.7 Å². The second kappa shape index (κ2) is 8.71. The van der Waals surface area contributed by atoms with Crippen LogP contribution in [0.3, 0.4) is 0 Å². The van der Waals surface area contributed by atoms with Crippen LogP contribution in [0.1, 0.15) is 60.3 Å². The lowest BCUT2D eigenvalue weighted by Gasteiger charge is -2.30. The van der Waals surface area contributed by atoms with E-state index in [1.807, 2.05) is 33.8 Å². The van der Waals surface area contributed by atoms with Gasteiger partial charge in [-0.2, -0.15) is 5.10 Å². The number of halogens is 1. The van der Waals surface area contributed by atoms with Gasteiger partial charge < -0.3 is 10.2 Å². The Morgan fingerprint density at radius 2 is 1.94 bits per heavy atom. The molecule has 2 atom stereocenters. The van der Waals surface area contributed by atoms with Crippen molar-refractivity contribution in [2.45, 2.75) is 50.7 Å². The molecule has 2 aliphatic rings. The number of fused-ring (bicyclic) bond motifs is 1. The van der Waals surface area contributed by atoms with Crippen LogP contribution in [0.2, 0.25) is 5.02 Å². The van der Waals surface area contributed by atoms with Gasteiger partial charge in [-0.3, -0.25) is 0 Å².